The molecule has 0 saturated heterocycles. The molecule has 4 heterocycles. The van der Waals surface area contributed by atoms with Crippen LogP contribution in [-0.2, 0) is 35.4 Å². The Labute approximate surface area is 272 Å². The van der Waals surface area contributed by atoms with E-state index in [1.165, 1.54) is 9.36 Å². The van der Waals surface area contributed by atoms with Crippen LogP contribution in [-0.4, -0.2) is 92.9 Å². The van der Waals surface area contributed by atoms with Crippen LogP contribution in [0.5, 0.6) is 0 Å². The molecule has 0 aliphatic carbocycles. The van der Waals surface area contributed by atoms with Crippen LogP contribution in [0.4, 0.5) is 18.4 Å². The molecule has 0 atom stereocenters. The van der Waals surface area contributed by atoms with E-state index in [9.17, 15) is 28.0 Å². The Kier molecular flexibility index (Phi) is 12.3. The number of likely N-dealkylation sites (N-methyl/N-ethyl adjacent to an activating group) is 1. The number of rotatable bonds is 8. The maximum atomic E-state index is 13.1. The van der Waals surface area contributed by atoms with E-state index in [-0.39, 0.29) is 38.0 Å². The van der Waals surface area contributed by atoms with Crippen molar-refractivity contribution in [3.8, 4) is 0 Å². The Morgan fingerprint density at radius 1 is 0.851 bits per heavy atom. The summed E-state index contributed by atoms with van der Waals surface area (Å²) < 4.78 is 39.3. The van der Waals surface area contributed by atoms with Gasteiger partial charge in [0.25, 0.3) is 11.8 Å². The van der Waals surface area contributed by atoms with Gasteiger partial charge in [-0.3, -0.25) is 19.0 Å². The summed E-state index contributed by atoms with van der Waals surface area (Å²) in [5.74, 6) is -0.254. The standard InChI is InChI=1S/C16H23FN4O3.C15H21FN4O3/c1-16(2,3)24-15(23)18-8-11(7-17)9-21-10-12-13(19-21)5-6-20(4)14(12)22;1-15(2,3)23-14(22)18-7-10(6-16)8-20-9-11-12(19-20)4-5-17-13(11)21/h7,10H,5-6,8-9H2,1-4H3,(H,18,23);6,9H,4-5,7-8H2,1-3H3,(H,17,21)(H,18,22)/b11-7+;10-6+. The Bertz CT molecular complexity index is 1520. The molecule has 47 heavy (non-hydrogen) atoms. The van der Waals surface area contributed by atoms with Gasteiger partial charge in [0.1, 0.15) is 11.2 Å². The van der Waals surface area contributed by atoms with E-state index in [0.717, 1.165) is 5.69 Å². The summed E-state index contributed by atoms with van der Waals surface area (Å²) in [6.07, 6.45) is 4.16. The average molecular weight is 663 g/mol. The number of carbonyl (C=O) groups excluding carboxylic acids is 4. The lowest BCUT2D eigenvalue weighted by molar-refractivity contribution is 0.0520. The van der Waals surface area contributed by atoms with Crippen LogP contribution in [0, 0.1) is 0 Å². The van der Waals surface area contributed by atoms with E-state index in [1.54, 1.807) is 65.9 Å². The lowest BCUT2D eigenvalue weighted by atomic mass is 10.1. The molecule has 2 aliphatic rings. The summed E-state index contributed by atoms with van der Waals surface area (Å²) in [5.41, 5.74) is 1.88. The summed E-state index contributed by atoms with van der Waals surface area (Å²) in [5, 5.41) is 16.3. The highest BCUT2D eigenvalue weighted by molar-refractivity contribution is 5.96. The lowest BCUT2D eigenvalue weighted by Gasteiger charge is -2.20. The first kappa shape index (κ1) is 36.7. The fourth-order valence-electron chi connectivity index (χ4n) is 4.47. The number of nitrogens with one attached hydrogen (secondary N) is 3. The Hall–Kier alpha value is -4.76. The van der Waals surface area contributed by atoms with Crippen LogP contribution < -0.4 is 16.0 Å². The molecule has 0 unspecified atom stereocenters. The summed E-state index contributed by atoms with van der Waals surface area (Å²) in [6.45, 7) is 12.0. The number of fused-ring (bicyclic) bond motifs is 2. The molecule has 16 heteroatoms. The quantitative estimate of drug-likeness (QED) is 0.388. The molecule has 2 aromatic heterocycles. The molecule has 258 valence electrons. The third-order valence-corrected chi connectivity index (χ3v) is 6.59. The van der Waals surface area contributed by atoms with Gasteiger partial charge < -0.3 is 30.3 Å². The molecule has 14 nitrogen and oxygen atoms in total. The van der Waals surface area contributed by atoms with Crippen molar-refractivity contribution < 1.29 is 37.4 Å². The number of alkyl carbamates (subject to hydrolysis) is 2. The highest BCUT2D eigenvalue weighted by Crippen LogP contribution is 2.17. The van der Waals surface area contributed by atoms with Crippen molar-refractivity contribution in [1.82, 2.24) is 40.4 Å². The van der Waals surface area contributed by atoms with Gasteiger partial charge >= 0.3 is 12.2 Å². The molecule has 0 fully saturated rings. The third-order valence-electron chi connectivity index (χ3n) is 6.59. The number of carbonyl (C=O) groups is 4. The number of hydrogen-bond acceptors (Lipinski definition) is 8. The van der Waals surface area contributed by atoms with Crippen LogP contribution in [0.3, 0.4) is 0 Å². The SMILES string of the molecule is CC(C)(C)OC(=O)NC/C(=C\F)Cn1cc2c(n1)CCNC2=O.CN1CCc2nn(C/C(=C/F)CNC(=O)OC(C)(C)C)cc2C1=O. The average Bonchev–Trinajstić information content (AvgIpc) is 3.58. The summed E-state index contributed by atoms with van der Waals surface area (Å²) >= 11 is 0. The molecule has 4 amide bonds. The molecular weight excluding hydrogens is 618 g/mol. The fourth-order valence-corrected chi connectivity index (χ4v) is 4.47. The molecule has 2 aliphatic heterocycles. The van der Waals surface area contributed by atoms with Gasteiger partial charge in [-0.2, -0.15) is 10.2 Å². The van der Waals surface area contributed by atoms with Gasteiger partial charge in [-0.25, -0.2) is 18.4 Å². The number of aromatic nitrogens is 4. The highest BCUT2D eigenvalue weighted by atomic mass is 19.1. The van der Waals surface area contributed by atoms with Crippen molar-refractivity contribution in [1.29, 1.82) is 0 Å². The highest BCUT2D eigenvalue weighted by Gasteiger charge is 2.25. The van der Waals surface area contributed by atoms with Crippen LogP contribution in [0.2, 0.25) is 0 Å². The first-order valence-corrected chi connectivity index (χ1v) is 15.1. The van der Waals surface area contributed by atoms with Crippen molar-refractivity contribution in [3.63, 3.8) is 0 Å². The van der Waals surface area contributed by atoms with E-state index < -0.39 is 23.4 Å². The number of amides is 4. The van der Waals surface area contributed by atoms with Gasteiger partial charge in [-0.15, -0.1) is 0 Å². The minimum atomic E-state index is -0.615. The van der Waals surface area contributed by atoms with Crippen molar-refractivity contribution in [2.24, 2.45) is 0 Å². The second-order valence-corrected chi connectivity index (χ2v) is 13.1. The Balaban J connectivity index is 0.000000256. The summed E-state index contributed by atoms with van der Waals surface area (Å²) in [6, 6.07) is 0. The molecular formula is C31H44F2N8O6. The van der Waals surface area contributed by atoms with Gasteiger partial charge in [-0.1, -0.05) is 0 Å². The fraction of sp³-hybridized carbons (Fsp3) is 0.548. The molecule has 0 aromatic carbocycles. The number of hydrogen-bond donors (Lipinski definition) is 3. The molecule has 0 bridgehead atoms. The van der Waals surface area contributed by atoms with Crippen LogP contribution >= 0.6 is 0 Å². The predicted octanol–water partition coefficient (Wildman–Crippen LogP) is 3.44. The van der Waals surface area contributed by atoms with E-state index in [2.05, 4.69) is 26.1 Å². The summed E-state index contributed by atoms with van der Waals surface area (Å²) in [4.78, 5) is 48.5. The molecule has 0 saturated carbocycles. The molecule has 4 rings (SSSR count). The molecule has 2 aromatic rings. The zero-order valence-corrected chi connectivity index (χ0v) is 27.9. The first-order chi connectivity index (χ1) is 22.0. The smallest absolute Gasteiger partial charge is 0.407 e. The van der Waals surface area contributed by atoms with Gasteiger partial charge in [0.2, 0.25) is 0 Å². The van der Waals surface area contributed by atoms with E-state index in [1.807, 2.05) is 0 Å². The van der Waals surface area contributed by atoms with Crippen LogP contribution in [0.1, 0.15) is 73.6 Å². The second kappa shape index (κ2) is 15.7. The third kappa shape index (κ3) is 11.5. The van der Waals surface area contributed by atoms with Gasteiger partial charge in [0.15, 0.2) is 0 Å². The Morgan fingerprint density at radius 3 is 1.77 bits per heavy atom. The van der Waals surface area contributed by atoms with Crippen LogP contribution in [0.15, 0.2) is 36.2 Å². The summed E-state index contributed by atoms with van der Waals surface area (Å²) in [7, 11) is 1.74. The maximum absolute atomic E-state index is 13.1. The zero-order valence-electron chi connectivity index (χ0n) is 27.9. The zero-order chi connectivity index (χ0) is 34.9. The van der Waals surface area contributed by atoms with Crippen molar-refractivity contribution in [2.75, 3.05) is 33.2 Å². The maximum Gasteiger partial charge on any atom is 0.407 e. The molecule has 0 radical (unpaired) electrons. The van der Waals surface area contributed by atoms with E-state index in [4.69, 9.17) is 9.47 Å². The number of nitrogens with zero attached hydrogens (tertiary/aromatic N) is 5. The van der Waals surface area contributed by atoms with Crippen LogP contribution in [0.25, 0.3) is 0 Å². The first-order valence-electron chi connectivity index (χ1n) is 15.1. The van der Waals surface area contributed by atoms with Crippen molar-refractivity contribution in [3.05, 3.63) is 58.7 Å². The number of ether oxygens (including phenoxy) is 2. The monoisotopic (exact) mass is 662 g/mol. The minimum absolute atomic E-state index is 0.00212. The van der Waals surface area contributed by atoms with E-state index >= 15 is 0 Å². The normalized spacial score (nSPS) is 15.1. The minimum Gasteiger partial charge on any atom is -0.444 e. The molecule has 0 spiro atoms. The Morgan fingerprint density at radius 2 is 1.32 bits per heavy atom. The topological polar surface area (TPSA) is 162 Å². The number of halogens is 2. The van der Waals surface area contributed by atoms with Crippen molar-refractivity contribution >= 4 is 24.0 Å². The second-order valence-electron chi connectivity index (χ2n) is 13.1. The molecule has 3 N–H and O–H groups in total. The van der Waals surface area contributed by atoms with Gasteiger partial charge in [-0.05, 0) is 52.7 Å². The van der Waals surface area contributed by atoms with E-state index in [0.29, 0.717) is 66.6 Å². The van der Waals surface area contributed by atoms with Gasteiger partial charge in [0.05, 0.1) is 48.3 Å². The van der Waals surface area contributed by atoms with Crippen molar-refractivity contribution in [2.45, 2.75) is 78.7 Å². The predicted molar refractivity (Wildman–Crippen MR) is 168 cm³/mol. The lowest BCUT2D eigenvalue weighted by Crippen LogP contribution is -2.34. The largest absolute Gasteiger partial charge is 0.444 e. The van der Waals surface area contributed by atoms with Gasteiger partial charge in [0, 0.05) is 58.5 Å².